The Balaban J connectivity index is 1.68. The molecule has 5 rings (SSSR count). The van der Waals surface area contributed by atoms with Gasteiger partial charge in [0.05, 0.1) is 12.7 Å². The molecule has 2 aromatic carbocycles. The Morgan fingerprint density at radius 3 is 2.86 bits per heavy atom. The molecule has 0 bridgehead atoms. The van der Waals surface area contributed by atoms with Crippen molar-refractivity contribution in [1.82, 2.24) is 4.90 Å². The minimum Gasteiger partial charge on any atom is -0.477 e. The van der Waals surface area contributed by atoms with E-state index in [4.69, 9.17) is 18.6 Å². The predicted octanol–water partition coefficient (Wildman–Crippen LogP) is 4.40. The van der Waals surface area contributed by atoms with Crippen LogP contribution >= 0.6 is 0 Å². The Morgan fingerprint density at radius 1 is 1.28 bits per heavy atom. The average Bonchev–Trinajstić information content (AvgIpc) is 3.35. The molecule has 6 heteroatoms. The highest BCUT2D eigenvalue weighted by molar-refractivity contribution is 6.16. The summed E-state index contributed by atoms with van der Waals surface area (Å²) in [6.45, 7) is 6.80. The number of furan rings is 1. The molecule has 6 nitrogen and oxygen atoms in total. The highest BCUT2D eigenvalue weighted by Gasteiger charge is 2.31. The molecule has 1 aromatic heterocycles. The van der Waals surface area contributed by atoms with Gasteiger partial charge < -0.3 is 18.6 Å². The fourth-order valence-corrected chi connectivity index (χ4v) is 4.56. The first kappa shape index (κ1) is 18.5. The maximum absolute atomic E-state index is 12.8. The van der Waals surface area contributed by atoms with Gasteiger partial charge in [0.2, 0.25) is 0 Å². The Morgan fingerprint density at radius 2 is 2.10 bits per heavy atom. The second-order valence-electron chi connectivity index (χ2n) is 7.73. The van der Waals surface area contributed by atoms with Gasteiger partial charge in [0.25, 0.3) is 0 Å². The molecule has 0 N–H and O–H groups in total. The van der Waals surface area contributed by atoms with Crippen molar-refractivity contribution in [3.8, 4) is 5.75 Å². The third-order valence-electron chi connectivity index (χ3n) is 5.82. The lowest BCUT2D eigenvalue weighted by atomic mass is 9.96. The number of carbonyl (C=O) groups is 1. The van der Waals surface area contributed by atoms with Crippen LogP contribution in [0.4, 0.5) is 0 Å². The number of nitrogens with zero attached hydrogens (tertiary/aromatic N) is 1. The largest absolute Gasteiger partial charge is 0.477 e. The standard InChI is InChI=1S/C23H25NO5/c1-3-26-23(25)19-14(2)29-22-17-9-5-4-8-16(17)21-18(20(19)22)12-24(13-28-21)11-15-7-6-10-27-15/h4-5,8-9,15H,3,6-7,10-13H2,1-2H3/t15-/m1/s1. The minimum absolute atomic E-state index is 0.242. The highest BCUT2D eigenvalue weighted by Crippen LogP contribution is 2.44. The van der Waals surface area contributed by atoms with E-state index in [0.29, 0.717) is 31.2 Å². The summed E-state index contributed by atoms with van der Waals surface area (Å²) in [5.74, 6) is 1.06. The first-order chi connectivity index (χ1) is 14.2. The van der Waals surface area contributed by atoms with E-state index in [0.717, 1.165) is 59.0 Å². The van der Waals surface area contributed by atoms with Gasteiger partial charge in [0.15, 0.2) is 0 Å². The van der Waals surface area contributed by atoms with Gasteiger partial charge in [-0.25, -0.2) is 4.79 Å². The van der Waals surface area contributed by atoms with Crippen molar-refractivity contribution in [2.45, 2.75) is 39.3 Å². The van der Waals surface area contributed by atoms with Crippen molar-refractivity contribution < 1.29 is 23.4 Å². The zero-order valence-electron chi connectivity index (χ0n) is 16.8. The van der Waals surface area contributed by atoms with Crippen molar-refractivity contribution >= 4 is 27.7 Å². The fourth-order valence-electron chi connectivity index (χ4n) is 4.56. The summed E-state index contributed by atoms with van der Waals surface area (Å²) in [4.78, 5) is 15.0. The van der Waals surface area contributed by atoms with E-state index < -0.39 is 0 Å². The SMILES string of the molecule is CCOC(=O)c1c(C)oc2c1c1c(c3ccccc32)OCN(C[C@H]2CCCO2)C1. The molecule has 0 radical (unpaired) electrons. The third-order valence-corrected chi connectivity index (χ3v) is 5.82. The molecule has 0 unspecified atom stereocenters. The number of rotatable bonds is 4. The van der Waals surface area contributed by atoms with Crippen LogP contribution in [-0.4, -0.2) is 43.5 Å². The quantitative estimate of drug-likeness (QED) is 0.610. The Bertz CT molecular complexity index is 1080. The molecule has 1 saturated heterocycles. The van der Waals surface area contributed by atoms with Gasteiger partial charge in [0, 0.05) is 41.4 Å². The van der Waals surface area contributed by atoms with Crippen LogP contribution in [0, 0.1) is 6.92 Å². The second kappa shape index (κ2) is 7.35. The van der Waals surface area contributed by atoms with Crippen LogP contribution in [0.2, 0.25) is 0 Å². The van der Waals surface area contributed by atoms with Gasteiger partial charge in [-0.05, 0) is 26.7 Å². The molecule has 29 heavy (non-hydrogen) atoms. The maximum Gasteiger partial charge on any atom is 0.342 e. The maximum atomic E-state index is 12.8. The summed E-state index contributed by atoms with van der Waals surface area (Å²) in [6.07, 6.45) is 2.43. The predicted molar refractivity (Wildman–Crippen MR) is 109 cm³/mol. The first-order valence-corrected chi connectivity index (χ1v) is 10.3. The summed E-state index contributed by atoms with van der Waals surface area (Å²) in [5.41, 5.74) is 2.22. The number of fused-ring (bicyclic) bond motifs is 6. The summed E-state index contributed by atoms with van der Waals surface area (Å²) < 4.78 is 23.5. The monoisotopic (exact) mass is 395 g/mol. The number of aryl methyl sites for hydroxylation is 1. The number of esters is 1. The summed E-state index contributed by atoms with van der Waals surface area (Å²) in [7, 11) is 0. The molecule has 2 aliphatic rings. The number of ether oxygens (including phenoxy) is 3. The van der Waals surface area contributed by atoms with Crippen LogP contribution in [0.25, 0.3) is 21.7 Å². The molecule has 0 saturated carbocycles. The van der Waals surface area contributed by atoms with Crippen molar-refractivity contribution in [2.75, 3.05) is 26.5 Å². The van der Waals surface area contributed by atoms with Crippen LogP contribution in [-0.2, 0) is 16.0 Å². The Hall–Kier alpha value is -2.57. The molecular weight excluding hydrogens is 370 g/mol. The molecule has 1 fully saturated rings. The van der Waals surface area contributed by atoms with Crippen LogP contribution in [0.3, 0.4) is 0 Å². The fraction of sp³-hybridized carbons (Fsp3) is 0.435. The van der Waals surface area contributed by atoms with E-state index in [9.17, 15) is 4.79 Å². The van der Waals surface area contributed by atoms with Crippen molar-refractivity contribution in [3.05, 3.63) is 41.2 Å². The smallest absolute Gasteiger partial charge is 0.342 e. The molecule has 2 aliphatic heterocycles. The van der Waals surface area contributed by atoms with Gasteiger partial charge in [-0.15, -0.1) is 0 Å². The molecule has 1 atom stereocenters. The molecule has 0 aliphatic carbocycles. The number of hydrogen-bond acceptors (Lipinski definition) is 6. The lowest BCUT2D eigenvalue weighted by Crippen LogP contribution is -2.37. The molecule has 152 valence electrons. The number of benzene rings is 2. The molecular formula is C23H25NO5. The van der Waals surface area contributed by atoms with Crippen molar-refractivity contribution in [3.63, 3.8) is 0 Å². The Kier molecular flexibility index (Phi) is 4.68. The van der Waals surface area contributed by atoms with E-state index >= 15 is 0 Å². The van der Waals surface area contributed by atoms with Crippen molar-refractivity contribution in [2.24, 2.45) is 0 Å². The molecule has 0 spiro atoms. The van der Waals surface area contributed by atoms with Crippen LogP contribution in [0.1, 0.15) is 41.4 Å². The minimum atomic E-state index is -0.350. The first-order valence-electron chi connectivity index (χ1n) is 10.3. The topological polar surface area (TPSA) is 61.1 Å². The lowest BCUT2D eigenvalue weighted by molar-refractivity contribution is 0.0290. The lowest BCUT2D eigenvalue weighted by Gasteiger charge is -2.31. The van der Waals surface area contributed by atoms with Gasteiger partial charge in [-0.1, -0.05) is 24.3 Å². The molecule has 3 heterocycles. The summed E-state index contributed by atoms with van der Waals surface area (Å²) >= 11 is 0. The summed E-state index contributed by atoms with van der Waals surface area (Å²) in [6, 6.07) is 8.03. The van der Waals surface area contributed by atoms with Crippen LogP contribution < -0.4 is 4.74 Å². The highest BCUT2D eigenvalue weighted by atomic mass is 16.5. The zero-order chi connectivity index (χ0) is 20.0. The van der Waals surface area contributed by atoms with Gasteiger partial charge in [-0.3, -0.25) is 4.90 Å². The van der Waals surface area contributed by atoms with E-state index in [1.165, 1.54) is 0 Å². The van der Waals surface area contributed by atoms with Crippen molar-refractivity contribution in [1.29, 1.82) is 0 Å². The van der Waals surface area contributed by atoms with E-state index in [1.807, 2.05) is 38.1 Å². The molecule has 3 aromatic rings. The van der Waals surface area contributed by atoms with Crippen LogP contribution in [0.5, 0.6) is 5.75 Å². The average molecular weight is 395 g/mol. The number of carbonyl (C=O) groups excluding carboxylic acids is 1. The molecule has 0 amide bonds. The normalized spacial score (nSPS) is 19.4. The number of hydrogen-bond donors (Lipinski definition) is 0. The van der Waals surface area contributed by atoms with E-state index in [1.54, 1.807) is 0 Å². The van der Waals surface area contributed by atoms with Crippen LogP contribution in [0.15, 0.2) is 28.7 Å². The third kappa shape index (κ3) is 3.07. The van der Waals surface area contributed by atoms with Gasteiger partial charge >= 0.3 is 5.97 Å². The second-order valence-corrected chi connectivity index (χ2v) is 7.73. The van der Waals surface area contributed by atoms with E-state index in [2.05, 4.69) is 4.90 Å². The van der Waals surface area contributed by atoms with E-state index in [-0.39, 0.29) is 12.1 Å². The zero-order valence-corrected chi connectivity index (χ0v) is 16.8. The summed E-state index contributed by atoms with van der Waals surface area (Å²) in [5, 5.41) is 2.77. The van der Waals surface area contributed by atoms with Gasteiger partial charge in [0.1, 0.15) is 29.4 Å². The Labute approximate surface area is 169 Å². The van der Waals surface area contributed by atoms with Gasteiger partial charge in [-0.2, -0.15) is 0 Å².